The molecule has 8 heteroatoms. The minimum atomic E-state index is -0.425. The molecule has 1 atom stereocenters. The van der Waals surface area contributed by atoms with Gasteiger partial charge in [0.1, 0.15) is 11.9 Å². The summed E-state index contributed by atoms with van der Waals surface area (Å²) >= 11 is 4.90. The van der Waals surface area contributed by atoms with E-state index in [9.17, 15) is 9.18 Å². The van der Waals surface area contributed by atoms with Crippen LogP contribution in [0.25, 0.3) is 11.4 Å². The Morgan fingerprint density at radius 2 is 2.04 bits per heavy atom. The van der Waals surface area contributed by atoms with Gasteiger partial charge in [0.25, 0.3) is 0 Å². The van der Waals surface area contributed by atoms with E-state index in [-0.39, 0.29) is 17.5 Å². The van der Waals surface area contributed by atoms with Crippen molar-refractivity contribution in [2.45, 2.75) is 24.8 Å². The topological polar surface area (TPSA) is 68.0 Å². The lowest BCUT2D eigenvalue weighted by molar-refractivity contribution is -0.119. The summed E-state index contributed by atoms with van der Waals surface area (Å²) < 4.78 is 19.2. The minimum absolute atomic E-state index is 0.128. The van der Waals surface area contributed by atoms with Crippen molar-refractivity contribution in [2.24, 2.45) is 0 Å². The second-order valence-electron chi connectivity index (χ2n) is 5.95. The first-order valence-corrected chi connectivity index (χ1v) is 9.98. The third kappa shape index (κ3) is 5.17. The van der Waals surface area contributed by atoms with Gasteiger partial charge in [-0.25, -0.2) is 4.39 Å². The largest absolute Gasteiger partial charge is 0.344 e. The zero-order chi connectivity index (χ0) is 19.4. The molecule has 3 aromatic rings. The molecule has 0 aliphatic rings. The molecule has 0 radical (unpaired) electrons. The highest BCUT2D eigenvalue weighted by Gasteiger charge is 2.17. The van der Waals surface area contributed by atoms with Crippen LogP contribution in [0.5, 0.6) is 0 Å². The van der Waals surface area contributed by atoms with Gasteiger partial charge in [-0.15, -0.1) is 11.8 Å². The van der Waals surface area contributed by atoms with Crippen LogP contribution in [0.2, 0.25) is 0 Å². The second kappa shape index (κ2) is 8.67. The third-order valence-corrected chi connectivity index (χ3v) is 5.46. The first-order chi connectivity index (χ1) is 12.9. The summed E-state index contributed by atoms with van der Waals surface area (Å²) in [5, 5.41) is 6.73. The number of carbonyl (C=O) groups excluding carboxylic acids is 1. The Labute approximate surface area is 168 Å². The van der Waals surface area contributed by atoms with Crippen molar-refractivity contribution in [3.8, 4) is 11.4 Å². The Balaban J connectivity index is 1.57. The van der Waals surface area contributed by atoms with Crippen LogP contribution < -0.4 is 5.32 Å². The van der Waals surface area contributed by atoms with E-state index in [1.165, 1.54) is 23.9 Å². The van der Waals surface area contributed by atoms with E-state index < -0.39 is 6.04 Å². The van der Waals surface area contributed by atoms with Crippen LogP contribution in [0, 0.1) is 12.7 Å². The smallest absolute Gasteiger partial charge is 0.249 e. The van der Waals surface area contributed by atoms with Crippen LogP contribution in [0.4, 0.5) is 4.39 Å². The third-order valence-electron chi connectivity index (χ3n) is 3.79. The number of hydrogen-bond acceptors (Lipinski definition) is 5. The van der Waals surface area contributed by atoms with Crippen LogP contribution in [-0.2, 0) is 4.79 Å². The van der Waals surface area contributed by atoms with E-state index in [0.29, 0.717) is 17.3 Å². The van der Waals surface area contributed by atoms with Crippen molar-refractivity contribution < 1.29 is 13.7 Å². The average molecular weight is 450 g/mol. The molecule has 0 saturated carbocycles. The van der Waals surface area contributed by atoms with E-state index in [1.54, 1.807) is 19.1 Å². The summed E-state index contributed by atoms with van der Waals surface area (Å²) in [6.45, 7) is 3.78. The van der Waals surface area contributed by atoms with E-state index >= 15 is 0 Å². The van der Waals surface area contributed by atoms with Gasteiger partial charge in [0.2, 0.25) is 17.6 Å². The van der Waals surface area contributed by atoms with Gasteiger partial charge in [0.05, 0.1) is 5.75 Å². The standard InChI is InChI=1S/C19H17BrFN3O2S/c1-11-9-14(20)5-8-16(11)27-10-17(25)22-12(2)19-23-18(24-26-19)13-3-6-15(21)7-4-13/h3-9,12H,10H2,1-2H3,(H,22,25). The number of nitrogens with zero attached hydrogens (tertiary/aromatic N) is 2. The number of hydrogen-bond donors (Lipinski definition) is 1. The predicted octanol–water partition coefficient (Wildman–Crippen LogP) is 4.92. The number of aryl methyl sites for hydroxylation is 1. The molecule has 2 aromatic carbocycles. The maximum atomic E-state index is 13.0. The number of amides is 1. The Kier molecular flexibility index (Phi) is 6.28. The lowest BCUT2D eigenvalue weighted by Gasteiger charge is -2.10. The molecule has 1 N–H and O–H groups in total. The molecule has 0 aliphatic carbocycles. The number of carbonyl (C=O) groups is 1. The Bertz CT molecular complexity index is 946. The maximum Gasteiger partial charge on any atom is 0.249 e. The monoisotopic (exact) mass is 449 g/mol. The summed E-state index contributed by atoms with van der Waals surface area (Å²) in [4.78, 5) is 17.6. The fraction of sp³-hybridized carbons (Fsp3) is 0.211. The lowest BCUT2D eigenvalue weighted by Crippen LogP contribution is -2.28. The predicted molar refractivity (Wildman–Crippen MR) is 106 cm³/mol. The van der Waals surface area contributed by atoms with Gasteiger partial charge in [-0.1, -0.05) is 21.1 Å². The summed E-state index contributed by atoms with van der Waals surface area (Å²) in [7, 11) is 0. The summed E-state index contributed by atoms with van der Waals surface area (Å²) in [5.41, 5.74) is 1.75. The van der Waals surface area contributed by atoms with E-state index in [4.69, 9.17) is 4.52 Å². The van der Waals surface area contributed by atoms with Crippen LogP contribution in [0.1, 0.15) is 24.4 Å². The van der Waals surface area contributed by atoms with E-state index in [1.807, 2.05) is 25.1 Å². The van der Waals surface area contributed by atoms with Gasteiger partial charge in [-0.2, -0.15) is 4.98 Å². The van der Waals surface area contributed by atoms with Crippen molar-refractivity contribution in [3.63, 3.8) is 0 Å². The molecule has 0 spiro atoms. The van der Waals surface area contributed by atoms with Crippen LogP contribution in [0.15, 0.2) is 56.4 Å². The van der Waals surface area contributed by atoms with Crippen molar-refractivity contribution in [2.75, 3.05) is 5.75 Å². The molecule has 140 valence electrons. The number of aromatic nitrogens is 2. The molecule has 1 unspecified atom stereocenters. The highest BCUT2D eigenvalue weighted by Crippen LogP contribution is 2.25. The molecule has 0 bridgehead atoms. The van der Waals surface area contributed by atoms with Gasteiger partial charge in [-0.05, 0) is 61.9 Å². The maximum absolute atomic E-state index is 13.0. The van der Waals surface area contributed by atoms with E-state index in [2.05, 4.69) is 31.4 Å². The molecule has 5 nitrogen and oxygen atoms in total. The number of benzene rings is 2. The molecule has 1 amide bonds. The Morgan fingerprint density at radius 3 is 2.74 bits per heavy atom. The molecule has 27 heavy (non-hydrogen) atoms. The average Bonchev–Trinajstić information content (AvgIpc) is 3.12. The van der Waals surface area contributed by atoms with Gasteiger partial charge >= 0.3 is 0 Å². The molecule has 1 heterocycles. The number of nitrogens with one attached hydrogen (secondary N) is 1. The quantitative estimate of drug-likeness (QED) is 0.541. The number of halogens is 2. The first kappa shape index (κ1) is 19.6. The Hall–Kier alpha value is -2.19. The second-order valence-corrected chi connectivity index (χ2v) is 7.88. The lowest BCUT2D eigenvalue weighted by atomic mass is 10.2. The highest BCUT2D eigenvalue weighted by molar-refractivity contribution is 9.10. The number of thioether (sulfide) groups is 1. The fourth-order valence-electron chi connectivity index (χ4n) is 2.39. The molecule has 0 aliphatic heterocycles. The van der Waals surface area contributed by atoms with Gasteiger partial charge in [0, 0.05) is 14.9 Å². The normalized spacial score (nSPS) is 12.0. The molecule has 1 aromatic heterocycles. The summed E-state index contributed by atoms with van der Waals surface area (Å²) in [6, 6.07) is 11.3. The zero-order valence-corrected chi connectivity index (χ0v) is 17.1. The van der Waals surface area contributed by atoms with Crippen LogP contribution in [0.3, 0.4) is 0 Å². The van der Waals surface area contributed by atoms with E-state index in [0.717, 1.165) is 14.9 Å². The van der Waals surface area contributed by atoms with Gasteiger partial charge in [0.15, 0.2) is 0 Å². The molecular formula is C19H17BrFN3O2S. The minimum Gasteiger partial charge on any atom is -0.344 e. The fourth-order valence-corrected chi connectivity index (χ4v) is 3.69. The van der Waals surface area contributed by atoms with Crippen LogP contribution >= 0.6 is 27.7 Å². The van der Waals surface area contributed by atoms with Crippen molar-refractivity contribution in [3.05, 3.63) is 64.2 Å². The summed E-state index contributed by atoms with van der Waals surface area (Å²) in [5.74, 6) is 0.475. The number of rotatable bonds is 6. The first-order valence-electron chi connectivity index (χ1n) is 8.20. The molecule has 0 fully saturated rings. The van der Waals surface area contributed by atoms with Crippen molar-refractivity contribution >= 4 is 33.6 Å². The SMILES string of the molecule is Cc1cc(Br)ccc1SCC(=O)NC(C)c1nc(-c2ccc(F)cc2)no1. The zero-order valence-electron chi connectivity index (χ0n) is 14.7. The van der Waals surface area contributed by atoms with Gasteiger partial charge in [-0.3, -0.25) is 4.79 Å². The molecule has 0 saturated heterocycles. The summed E-state index contributed by atoms with van der Waals surface area (Å²) in [6.07, 6.45) is 0. The molecule has 3 rings (SSSR count). The Morgan fingerprint density at radius 1 is 1.30 bits per heavy atom. The van der Waals surface area contributed by atoms with Crippen LogP contribution in [-0.4, -0.2) is 21.8 Å². The van der Waals surface area contributed by atoms with Crippen molar-refractivity contribution in [1.29, 1.82) is 0 Å². The van der Waals surface area contributed by atoms with Crippen molar-refractivity contribution in [1.82, 2.24) is 15.5 Å². The highest BCUT2D eigenvalue weighted by atomic mass is 79.9. The molecular weight excluding hydrogens is 433 g/mol. The van der Waals surface area contributed by atoms with Gasteiger partial charge < -0.3 is 9.84 Å².